The van der Waals surface area contributed by atoms with E-state index in [0.717, 1.165) is 56.3 Å². The predicted octanol–water partition coefficient (Wildman–Crippen LogP) is 2.72. The number of aryl methyl sites for hydroxylation is 1. The molecule has 0 saturated carbocycles. The average molecular weight is 383 g/mol. The highest BCUT2D eigenvalue weighted by molar-refractivity contribution is 5.79. The van der Waals surface area contributed by atoms with Gasteiger partial charge in [0.05, 0.1) is 6.20 Å². The van der Waals surface area contributed by atoms with Crippen molar-refractivity contribution in [2.24, 2.45) is 4.99 Å². The topological polar surface area (TPSA) is 82.8 Å². The molecule has 7 heteroatoms. The zero-order chi connectivity index (χ0) is 19.8. The van der Waals surface area contributed by atoms with Crippen LogP contribution in [0.2, 0.25) is 0 Å². The summed E-state index contributed by atoms with van der Waals surface area (Å²) in [5, 5.41) is 6.53. The molecule has 1 aromatic carbocycles. The Morgan fingerprint density at radius 3 is 2.82 bits per heavy atom. The highest BCUT2D eigenvalue weighted by atomic mass is 16.4. The summed E-state index contributed by atoms with van der Waals surface area (Å²) in [7, 11) is 0. The molecule has 7 nitrogen and oxygen atoms in total. The standard InChI is InChI=1S/C21H29N5O2/c1-3-22-21(23-11-5-13-26-12-4-6-20(26)27)25-15-19-24-14-18(28-19)17-9-7-16(2)8-10-17/h7-10,14H,3-6,11-13,15H2,1-2H3,(H2,22,23,25). The van der Waals surface area contributed by atoms with Crippen LogP contribution in [0.25, 0.3) is 11.3 Å². The maximum Gasteiger partial charge on any atom is 0.222 e. The molecular formula is C21H29N5O2. The molecule has 2 heterocycles. The molecule has 0 unspecified atom stereocenters. The van der Waals surface area contributed by atoms with E-state index in [4.69, 9.17) is 4.42 Å². The number of rotatable bonds is 8. The van der Waals surface area contributed by atoms with Gasteiger partial charge in [0.25, 0.3) is 0 Å². The van der Waals surface area contributed by atoms with Gasteiger partial charge in [0.2, 0.25) is 11.8 Å². The molecule has 0 aliphatic carbocycles. The maximum absolute atomic E-state index is 11.6. The third-order valence-corrected chi connectivity index (χ3v) is 4.67. The Morgan fingerprint density at radius 2 is 2.11 bits per heavy atom. The third kappa shape index (κ3) is 5.58. The van der Waals surface area contributed by atoms with E-state index in [1.807, 2.05) is 24.0 Å². The Bertz CT molecular complexity index is 797. The molecule has 0 atom stereocenters. The number of aliphatic imine (C=N–C) groups is 1. The van der Waals surface area contributed by atoms with Gasteiger partial charge >= 0.3 is 0 Å². The van der Waals surface area contributed by atoms with E-state index < -0.39 is 0 Å². The minimum absolute atomic E-state index is 0.272. The zero-order valence-corrected chi connectivity index (χ0v) is 16.7. The molecular weight excluding hydrogens is 354 g/mol. The fraction of sp³-hybridized carbons (Fsp3) is 0.476. The monoisotopic (exact) mass is 383 g/mol. The first kappa shape index (κ1) is 19.9. The normalized spacial score (nSPS) is 14.6. The van der Waals surface area contributed by atoms with E-state index in [-0.39, 0.29) is 5.91 Å². The predicted molar refractivity (Wildman–Crippen MR) is 110 cm³/mol. The van der Waals surface area contributed by atoms with Crippen LogP contribution in [0, 0.1) is 6.92 Å². The number of nitrogens with zero attached hydrogens (tertiary/aromatic N) is 3. The van der Waals surface area contributed by atoms with Gasteiger partial charge in [-0.15, -0.1) is 0 Å². The van der Waals surface area contributed by atoms with E-state index in [0.29, 0.717) is 18.9 Å². The molecule has 1 amide bonds. The van der Waals surface area contributed by atoms with Crippen LogP contribution >= 0.6 is 0 Å². The van der Waals surface area contributed by atoms with Crippen molar-refractivity contribution in [3.63, 3.8) is 0 Å². The van der Waals surface area contributed by atoms with E-state index >= 15 is 0 Å². The highest BCUT2D eigenvalue weighted by Gasteiger charge is 2.18. The Labute approximate surface area is 166 Å². The number of carbonyl (C=O) groups excluding carboxylic acids is 1. The second kappa shape index (κ2) is 9.92. The smallest absolute Gasteiger partial charge is 0.222 e. The van der Waals surface area contributed by atoms with Crippen molar-refractivity contribution in [2.45, 2.75) is 39.7 Å². The van der Waals surface area contributed by atoms with Gasteiger partial charge in [0, 0.05) is 38.2 Å². The Hall–Kier alpha value is -2.83. The molecule has 1 aliphatic rings. The summed E-state index contributed by atoms with van der Waals surface area (Å²) in [6, 6.07) is 8.16. The maximum atomic E-state index is 11.6. The van der Waals surface area contributed by atoms with E-state index in [1.165, 1.54) is 5.56 Å². The molecule has 1 fully saturated rings. The number of hydrogen-bond donors (Lipinski definition) is 2. The van der Waals surface area contributed by atoms with Gasteiger partial charge < -0.3 is 20.0 Å². The number of carbonyl (C=O) groups is 1. The molecule has 3 rings (SSSR count). The lowest BCUT2D eigenvalue weighted by Crippen LogP contribution is -2.39. The largest absolute Gasteiger partial charge is 0.439 e. The van der Waals surface area contributed by atoms with Gasteiger partial charge in [0.15, 0.2) is 11.7 Å². The average Bonchev–Trinajstić information content (AvgIpc) is 3.33. The number of guanidine groups is 1. The van der Waals surface area contributed by atoms with E-state index in [1.54, 1.807) is 6.20 Å². The summed E-state index contributed by atoms with van der Waals surface area (Å²) in [6.07, 6.45) is 4.31. The second-order valence-electron chi connectivity index (χ2n) is 6.94. The van der Waals surface area contributed by atoms with Gasteiger partial charge in [-0.05, 0) is 26.7 Å². The summed E-state index contributed by atoms with van der Waals surface area (Å²) in [5.41, 5.74) is 2.22. The summed E-state index contributed by atoms with van der Waals surface area (Å²) in [5.74, 6) is 2.33. The van der Waals surface area contributed by atoms with E-state index in [9.17, 15) is 4.79 Å². The fourth-order valence-electron chi connectivity index (χ4n) is 3.14. The van der Waals surface area contributed by atoms with Crippen molar-refractivity contribution in [3.05, 3.63) is 41.9 Å². The molecule has 0 bridgehead atoms. The van der Waals surface area contributed by atoms with Crippen LogP contribution in [-0.2, 0) is 11.3 Å². The lowest BCUT2D eigenvalue weighted by Gasteiger charge is -2.16. The zero-order valence-electron chi connectivity index (χ0n) is 16.7. The number of nitrogens with one attached hydrogen (secondary N) is 2. The quantitative estimate of drug-likeness (QED) is 0.416. The fourth-order valence-corrected chi connectivity index (χ4v) is 3.14. The SMILES string of the molecule is CCNC(=NCc1ncc(-c2ccc(C)cc2)o1)NCCCN1CCCC1=O. The molecule has 1 aromatic heterocycles. The number of aromatic nitrogens is 1. The van der Waals surface area contributed by atoms with Crippen LogP contribution in [-0.4, -0.2) is 47.9 Å². The Morgan fingerprint density at radius 1 is 1.29 bits per heavy atom. The Kier molecular flexibility index (Phi) is 7.06. The minimum Gasteiger partial charge on any atom is -0.439 e. The number of benzene rings is 1. The van der Waals surface area contributed by atoms with Crippen molar-refractivity contribution < 1.29 is 9.21 Å². The van der Waals surface area contributed by atoms with Crippen molar-refractivity contribution in [3.8, 4) is 11.3 Å². The number of likely N-dealkylation sites (tertiary alicyclic amines) is 1. The highest BCUT2D eigenvalue weighted by Crippen LogP contribution is 2.21. The van der Waals surface area contributed by atoms with Crippen molar-refractivity contribution >= 4 is 11.9 Å². The molecule has 28 heavy (non-hydrogen) atoms. The van der Waals surface area contributed by atoms with Gasteiger partial charge in [-0.1, -0.05) is 29.8 Å². The number of amides is 1. The van der Waals surface area contributed by atoms with Crippen molar-refractivity contribution in [1.82, 2.24) is 20.5 Å². The Balaban J connectivity index is 1.49. The van der Waals surface area contributed by atoms with Crippen LogP contribution in [0.15, 0.2) is 39.9 Å². The van der Waals surface area contributed by atoms with Crippen molar-refractivity contribution in [2.75, 3.05) is 26.2 Å². The molecule has 2 aromatic rings. The van der Waals surface area contributed by atoms with Crippen LogP contribution in [0.4, 0.5) is 0 Å². The molecule has 1 saturated heterocycles. The summed E-state index contributed by atoms with van der Waals surface area (Å²) in [4.78, 5) is 22.5. The van der Waals surface area contributed by atoms with Gasteiger partial charge in [-0.2, -0.15) is 0 Å². The molecule has 1 aliphatic heterocycles. The molecule has 2 N–H and O–H groups in total. The first-order valence-corrected chi connectivity index (χ1v) is 9.97. The van der Waals surface area contributed by atoms with E-state index in [2.05, 4.69) is 39.7 Å². The van der Waals surface area contributed by atoms with Gasteiger partial charge in [-0.25, -0.2) is 9.98 Å². The lowest BCUT2D eigenvalue weighted by molar-refractivity contribution is -0.127. The van der Waals surface area contributed by atoms with Crippen LogP contribution in [0.5, 0.6) is 0 Å². The van der Waals surface area contributed by atoms with Gasteiger partial charge in [0.1, 0.15) is 6.54 Å². The van der Waals surface area contributed by atoms with Crippen LogP contribution in [0.1, 0.15) is 37.6 Å². The van der Waals surface area contributed by atoms with Gasteiger partial charge in [-0.3, -0.25) is 4.79 Å². The van der Waals surface area contributed by atoms with Crippen molar-refractivity contribution in [1.29, 1.82) is 0 Å². The molecule has 150 valence electrons. The first-order valence-electron chi connectivity index (χ1n) is 9.97. The summed E-state index contributed by atoms with van der Waals surface area (Å²) in [6.45, 7) is 7.67. The minimum atomic E-state index is 0.272. The molecule has 0 radical (unpaired) electrons. The number of hydrogen-bond acceptors (Lipinski definition) is 4. The summed E-state index contributed by atoms with van der Waals surface area (Å²) >= 11 is 0. The summed E-state index contributed by atoms with van der Waals surface area (Å²) < 4.78 is 5.83. The first-order chi connectivity index (χ1) is 13.7. The second-order valence-corrected chi connectivity index (χ2v) is 6.94. The number of oxazole rings is 1. The van der Waals surface area contributed by atoms with Crippen LogP contribution in [0.3, 0.4) is 0 Å². The lowest BCUT2D eigenvalue weighted by atomic mass is 10.1. The van der Waals surface area contributed by atoms with Crippen LogP contribution < -0.4 is 10.6 Å². The molecule has 0 spiro atoms. The third-order valence-electron chi connectivity index (χ3n) is 4.67.